The Labute approximate surface area is 828 Å². The topological polar surface area (TPSA) is 368 Å². The van der Waals surface area contributed by atoms with Gasteiger partial charge in [0.05, 0.1) is 28.3 Å². The number of carbonyl (C=O) groups is 4. The van der Waals surface area contributed by atoms with E-state index in [1.807, 2.05) is 165 Å². The number of imidazole rings is 1. The molecule has 8 heterocycles. The minimum Gasteiger partial charge on any atom is -0.457 e. The number of ether oxygens (including phenoxy) is 2. The molecule has 0 unspecified atom stereocenters. The van der Waals surface area contributed by atoms with Crippen molar-refractivity contribution in [3.8, 4) is 23.3 Å². The average molecular weight is 1970 g/mol. The lowest BCUT2D eigenvalue weighted by molar-refractivity contribution is -0.113. The predicted octanol–water partition coefficient (Wildman–Crippen LogP) is 19.5. The molecule has 16 rings (SSSR count). The molecule has 2 aliphatic rings. The Hall–Kier alpha value is -16.0. The van der Waals surface area contributed by atoms with E-state index < -0.39 is 17.5 Å². The number of pyridine rings is 1. The number of nitrogens with one attached hydrogen (secondary N) is 12. The van der Waals surface area contributed by atoms with E-state index in [1.165, 1.54) is 67.8 Å². The number of nitrogens with zero attached hydrogens (tertiary/aromatic N) is 15. The van der Waals surface area contributed by atoms with Gasteiger partial charge in [-0.1, -0.05) is 84.2 Å². The molecule has 0 spiro atoms. The van der Waals surface area contributed by atoms with Crippen LogP contribution in [0.3, 0.4) is 0 Å². The van der Waals surface area contributed by atoms with Gasteiger partial charge in [0.25, 0.3) is 17.7 Å². The summed E-state index contributed by atoms with van der Waals surface area (Å²) >= 11 is 17.5. The number of aryl methyl sites for hydroxylation is 1. The van der Waals surface area contributed by atoms with Crippen molar-refractivity contribution < 1.29 is 41.8 Å². The van der Waals surface area contributed by atoms with Crippen LogP contribution >= 0.6 is 34.8 Å². The van der Waals surface area contributed by atoms with Crippen LogP contribution in [0, 0.1) is 36.2 Å². The van der Waals surface area contributed by atoms with Gasteiger partial charge in [0.15, 0.2) is 0 Å². The summed E-state index contributed by atoms with van der Waals surface area (Å²) in [5.74, 6) is 8.99. The van der Waals surface area contributed by atoms with Crippen molar-refractivity contribution in [1.29, 1.82) is 0 Å². The number of hydrogen-bond donors (Lipinski definition) is 12. The van der Waals surface area contributed by atoms with Crippen LogP contribution in [-0.2, 0) is 23.9 Å². The molecular weight excluding hydrogens is 1860 g/mol. The van der Waals surface area contributed by atoms with Gasteiger partial charge < -0.3 is 92.4 Å². The van der Waals surface area contributed by atoms with Crippen LogP contribution in [0.5, 0.6) is 11.5 Å². The summed E-state index contributed by atoms with van der Waals surface area (Å²) in [5, 5.41) is 36.8. The summed E-state index contributed by atoms with van der Waals surface area (Å²) < 4.78 is 53.4. The van der Waals surface area contributed by atoms with Gasteiger partial charge in [0.2, 0.25) is 5.91 Å². The second-order valence-electron chi connectivity index (χ2n) is 32.5. The van der Waals surface area contributed by atoms with Crippen molar-refractivity contribution in [3.05, 3.63) is 325 Å². The number of aromatic nitrogens is 10. The lowest BCUT2D eigenvalue weighted by Crippen LogP contribution is -2.44. The number of likely N-dealkylation sites (N-methyl/N-ethyl adjacent to an activating group) is 3. The summed E-state index contributed by atoms with van der Waals surface area (Å²) in [6.07, 6.45) is 15.3. The van der Waals surface area contributed by atoms with Gasteiger partial charge in [0, 0.05) is 206 Å². The van der Waals surface area contributed by atoms with Crippen molar-refractivity contribution in [2.24, 2.45) is 0 Å². The number of hydrogen-bond acceptors (Lipinski definition) is 28. The van der Waals surface area contributed by atoms with Crippen LogP contribution in [0.1, 0.15) is 12.0 Å². The first-order valence-corrected chi connectivity index (χ1v) is 45.4. The number of piperazine rings is 1. The van der Waals surface area contributed by atoms with Crippen LogP contribution in [-0.4, -0.2) is 211 Å². The molecule has 2 saturated heterocycles. The van der Waals surface area contributed by atoms with Crippen LogP contribution in [0.4, 0.5) is 128 Å². The number of halogens is 6. The minimum absolute atomic E-state index is 0.0175. The van der Waals surface area contributed by atoms with Gasteiger partial charge in [0.1, 0.15) is 106 Å². The molecular formula is C102H103Cl3F3N27O6. The molecule has 8 aromatic carbocycles. The first-order chi connectivity index (χ1) is 68.1. The molecule has 12 N–H and O–H groups in total. The first kappa shape index (κ1) is 102. The molecule has 4 amide bonds. The number of anilines is 20. The van der Waals surface area contributed by atoms with E-state index in [0.717, 1.165) is 97.0 Å². The maximum Gasteiger partial charge on any atom is 0.300 e. The molecule has 724 valence electrons. The summed E-state index contributed by atoms with van der Waals surface area (Å²) in [4.78, 5) is 98.1. The smallest absolute Gasteiger partial charge is 0.300 e. The van der Waals surface area contributed by atoms with Crippen molar-refractivity contribution in [2.75, 3.05) is 178 Å². The SMILES string of the molecule is C=C(CN(C)C)C(=O)Nc1cccc(Nc2cc(Nc3ccc(F)c(Cl)c3)ncn2)c1.C=C(CN1CCOCC1)C(=O)Nc1cccc(Nc2cc(Nc3ccc(F)c(Cl)c3)ncn2)c1.CN1CCN(CCC#CC(=O)Nc2cccc(Nc3cc(Nc4ccc(F)c(Cl)c4)ncn3)c2)CC1.Cc1cc(Nc2cc(Nc3cccc(NC(=O)/C=C/CN(C)C)c3)ncn2)ccc1Oc1ccn2ccnc2c1. The monoisotopic (exact) mass is 1960 g/mol. The zero-order valence-electron chi connectivity index (χ0n) is 77.9. The Morgan fingerprint density at radius 3 is 1.26 bits per heavy atom. The maximum absolute atomic E-state index is 13.4. The summed E-state index contributed by atoms with van der Waals surface area (Å²) in [6, 6.07) is 58.7. The number of morpholine rings is 1. The second kappa shape index (κ2) is 51.5. The number of fused-ring (bicyclic) bond motifs is 1. The van der Waals surface area contributed by atoms with Gasteiger partial charge >= 0.3 is 0 Å². The van der Waals surface area contributed by atoms with Crippen molar-refractivity contribution in [3.63, 3.8) is 0 Å². The molecule has 0 aliphatic carbocycles. The molecule has 0 saturated carbocycles. The lowest BCUT2D eigenvalue weighted by atomic mass is 10.2. The van der Waals surface area contributed by atoms with E-state index in [9.17, 15) is 32.3 Å². The third-order valence-electron chi connectivity index (χ3n) is 20.6. The zero-order chi connectivity index (χ0) is 99.5. The fourth-order valence-corrected chi connectivity index (χ4v) is 14.2. The Morgan fingerprint density at radius 1 is 0.447 bits per heavy atom. The van der Waals surface area contributed by atoms with Crippen molar-refractivity contribution >= 4 is 179 Å². The highest BCUT2D eigenvalue weighted by atomic mass is 35.5. The van der Waals surface area contributed by atoms with Crippen LogP contribution in [0.25, 0.3) is 5.65 Å². The molecule has 0 bridgehead atoms. The van der Waals surface area contributed by atoms with Gasteiger partial charge in [-0.25, -0.2) is 58.0 Å². The number of benzene rings is 8. The fraction of sp³-hybridized carbons (Fsp3) is 0.186. The van der Waals surface area contributed by atoms with Gasteiger partial charge in [-0.05, 0) is 205 Å². The molecule has 2 fully saturated rings. The predicted molar refractivity (Wildman–Crippen MR) is 553 cm³/mol. The van der Waals surface area contributed by atoms with Crippen LogP contribution < -0.4 is 68.5 Å². The standard InChI is InChI=1S/C30H30N8O2.C26H27ClFN7O.C24H24ClFN6O2.C22H22ClFN6O/c1-21-16-24(9-10-26(21)40-25-11-14-38-15-12-31-29(38)18-25)35-28-19-27(32-20-33-28)34-22-6-4-7-23(17-22)36-30(39)8-5-13-37(2)3;1-34-11-13-35(14-12-34)10-3-2-7-26(36)33-20-6-4-5-19(15-20)31-24-17-25(30-18-29-24)32-21-8-9-23(28)22(27)16-21;1-16(14-32-7-9-34-10-8-32)24(33)31-18-4-2-3-17(11-18)29-22-13-23(28-15-27-22)30-19-5-6-21(26)20(25)12-19;1-14(12-30(2)3)22(31)29-16-6-4-5-15(9-16)27-20-11-21(26-13-25-20)28-17-7-8-19(24)18(23)10-17/h4-12,14-20H,13H2,1-3H3,(H,36,39)(H2,32,33,34,35);4-6,8-9,15-18H,3,10-14H2,1H3,(H,33,36)(H2,29,30,31,32);2-6,11-13,15H,1,7-10,14H2,(H,31,33)(H2,27,28,29,30);4-11,13H,1,12H2,2-3H3,(H,29,31)(H2,25,26,27,28)/b8-5+;;;. The van der Waals surface area contributed by atoms with Crippen LogP contribution in [0.15, 0.2) is 287 Å². The highest BCUT2D eigenvalue weighted by Crippen LogP contribution is 2.34. The first-order valence-electron chi connectivity index (χ1n) is 44.3. The van der Waals surface area contributed by atoms with E-state index in [2.05, 4.69) is 155 Å². The summed E-state index contributed by atoms with van der Waals surface area (Å²) in [7, 11) is 9.77. The van der Waals surface area contributed by atoms with Gasteiger partial charge in [-0.3, -0.25) is 29.0 Å². The van der Waals surface area contributed by atoms with E-state index >= 15 is 0 Å². The highest BCUT2D eigenvalue weighted by Gasteiger charge is 2.20. The Morgan fingerprint density at radius 2 is 0.844 bits per heavy atom. The van der Waals surface area contributed by atoms with Gasteiger partial charge in [-0.2, -0.15) is 0 Å². The lowest BCUT2D eigenvalue weighted by Gasteiger charge is -2.31. The molecule has 0 radical (unpaired) electrons. The molecule has 6 aromatic heterocycles. The molecule has 39 heteroatoms. The van der Waals surface area contributed by atoms with Crippen molar-refractivity contribution in [2.45, 2.75) is 13.3 Å². The molecule has 14 aromatic rings. The average Bonchev–Trinajstić information content (AvgIpc) is 1.74. The Bertz CT molecular complexity index is 6820. The quantitative estimate of drug-likeness (QED) is 0.0134. The largest absolute Gasteiger partial charge is 0.457 e. The highest BCUT2D eigenvalue weighted by molar-refractivity contribution is 6.31. The maximum atomic E-state index is 13.4. The fourth-order valence-electron chi connectivity index (χ4n) is 13.6. The normalized spacial score (nSPS) is 12.4. The van der Waals surface area contributed by atoms with E-state index in [4.69, 9.17) is 44.3 Å². The van der Waals surface area contributed by atoms with Crippen LogP contribution in [0.2, 0.25) is 15.1 Å². The Kier molecular flexibility index (Phi) is 37.4. The summed E-state index contributed by atoms with van der Waals surface area (Å²) in [5.41, 5.74) is 10.9. The molecule has 2 aliphatic heterocycles. The van der Waals surface area contributed by atoms with E-state index in [1.54, 1.807) is 79.0 Å². The minimum atomic E-state index is -0.492. The van der Waals surface area contributed by atoms with Crippen molar-refractivity contribution in [1.82, 2.24) is 73.8 Å². The third-order valence-corrected chi connectivity index (χ3v) is 21.5. The zero-order valence-corrected chi connectivity index (χ0v) is 80.1. The molecule has 33 nitrogen and oxygen atoms in total. The van der Waals surface area contributed by atoms with E-state index in [0.29, 0.717) is 137 Å². The number of amides is 4. The number of rotatable bonds is 33. The van der Waals surface area contributed by atoms with E-state index in [-0.39, 0.29) is 38.7 Å². The molecule has 141 heavy (non-hydrogen) atoms. The third kappa shape index (κ3) is 33.7. The summed E-state index contributed by atoms with van der Waals surface area (Å²) in [6.45, 7) is 19.4. The number of carbonyl (C=O) groups excluding carboxylic acids is 4. The Balaban J connectivity index is 0.000000159. The second-order valence-corrected chi connectivity index (χ2v) is 33.8. The van der Waals surface area contributed by atoms with Gasteiger partial charge in [-0.15, -0.1) is 0 Å². The molecule has 0 atom stereocenters.